The van der Waals surface area contributed by atoms with E-state index in [2.05, 4.69) is 36.5 Å². The standard InChI is InChI=1S/C18H26BrN5O2/c1-21-18(24-10-2-3-13(12-24)11-16(20)25)22-9-8-17(26)23-15-6-4-14(19)5-7-15/h4-7,13H,2-3,8-12H2,1H3,(H2,20,25)(H,21,22)(H,23,26). The Morgan fingerprint density at radius 2 is 2.08 bits per heavy atom. The number of carbonyl (C=O) groups excluding carboxylic acids is 2. The van der Waals surface area contributed by atoms with Crippen LogP contribution in [0.5, 0.6) is 0 Å². The lowest BCUT2D eigenvalue weighted by atomic mass is 9.95. The normalized spacial score (nSPS) is 17.7. The first-order valence-corrected chi connectivity index (χ1v) is 9.56. The molecule has 8 heteroatoms. The van der Waals surface area contributed by atoms with Crippen LogP contribution in [0.1, 0.15) is 25.7 Å². The fourth-order valence-corrected chi connectivity index (χ4v) is 3.35. The van der Waals surface area contributed by atoms with Crippen LogP contribution in [0.4, 0.5) is 5.69 Å². The molecule has 1 atom stereocenters. The average molecular weight is 424 g/mol. The number of guanidine groups is 1. The van der Waals surface area contributed by atoms with E-state index in [0.717, 1.165) is 42.1 Å². The first-order chi connectivity index (χ1) is 12.5. The Hall–Kier alpha value is -2.09. The summed E-state index contributed by atoms with van der Waals surface area (Å²) in [5.41, 5.74) is 6.08. The second-order valence-electron chi connectivity index (χ2n) is 6.40. The van der Waals surface area contributed by atoms with E-state index >= 15 is 0 Å². The number of primary amides is 1. The summed E-state index contributed by atoms with van der Waals surface area (Å²) in [6.45, 7) is 2.14. The Labute approximate surface area is 162 Å². The Morgan fingerprint density at radius 3 is 2.73 bits per heavy atom. The molecule has 0 bridgehead atoms. The maximum absolute atomic E-state index is 12.0. The molecule has 0 saturated carbocycles. The molecule has 0 aliphatic carbocycles. The van der Waals surface area contributed by atoms with E-state index in [1.54, 1.807) is 7.05 Å². The Bertz CT molecular complexity index is 647. The van der Waals surface area contributed by atoms with Gasteiger partial charge in [-0.05, 0) is 43.0 Å². The highest BCUT2D eigenvalue weighted by atomic mass is 79.9. The number of piperidine rings is 1. The average Bonchev–Trinajstić information content (AvgIpc) is 2.60. The van der Waals surface area contributed by atoms with Crippen LogP contribution in [0, 0.1) is 5.92 Å². The van der Waals surface area contributed by atoms with Crippen LogP contribution >= 0.6 is 15.9 Å². The lowest BCUT2D eigenvalue weighted by Gasteiger charge is -2.34. The number of nitrogens with one attached hydrogen (secondary N) is 2. The molecule has 1 fully saturated rings. The van der Waals surface area contributed by atoms with Gasteiger partial charge >= 0.3 is 0 Å². The lowest BCUT2D eigenvalue weighted by molar-refractivity contribution is -0.119. The molecular formula is C18H26BrN5O2. The van der Waals surface area contributed by atoms with Crippen LogP contribution < -0.4 is 16.4 Å². The smallest absolute Gasteiger partial charge is 0.226 e. The quantitative estimate of drug-likeness (QED) is 0.480. The Balaban J connectivity index is 1.76. The molecule has 26 heavy (non-hydrogen) atoms. The van der Waals surface area contributed by atoms with Gasteiger partial charge in [0.15, 0.2) is 5.96 Å². The van der Waals surface area contributed by atoms with Crippen molar-refractivity contribution in [2.24, 2.45) is 16.6 Å². The summed E-state index contributed by atoms with van der Waals surface area (Å²) in [6.07, 6.45) is 2.76. The van der Waals surface area contributed by atoms with Gasteiger partial charge in [-0.3, -0.25) is 14.6 Å². The summed E-state index contributed by atoms with van der Waals surface area (Å²) in [6, 6.07) is 7.46. The minimum absolute atomic E-state index is 0.0551. The molecule has 0 aromatic heterocycles. The fraction of sp³-hybridized carbons (Fsp3) is 0.500. The summed E-state index contributed by atoms with van der Waals surface area (Å²) in [5, 5.41) is 6.09. The molecule has 1 heterocycles. The molecule has 2 rings (SSSR count). The van der Waals surface area contributed by atoms with Gasteiger partial charge in [-0.25, -0.2) is 0 Å². The van der Waals surface area contributed by atoms with Gasteiger partial charge in [0.05, 0.1) is 0 Å². The van der Waals surface area contributed by atoms with Crippen molar-refractivity contribution in [3.05, 3.63) is 28.7 Å². The number of hydrogen-bond donors (Lipinski definition) is 3. The molecule has 0 spiro atoms. The van der Waals surface area contributed by atoms with Gasteiger partial charge < -0.3 is 21.3 Å². The lowest BCUT2D eigenvalue weighted by Crippen LogP contribution is -2.47. The van der Waals surface area contributed by atoms with Crippen molar-refractivity contribution >= 4 is 39.4 Å². The first-order valence-electron chi connectivity index (χ1n) is 8.77. The van der Waals surface area contributed by atoms with E-state index in [-0.39, 0.29) is 17.7 Å². The molecule has 1 aromatic carbocycles. The van der Waals surface area contributed by atoms with Crippen molar-refractivity contribution in [1.82, 2.24) is 10.2 Å². The van der Waals surface area contributed by atoms with Crippen molar-refractivity contribution in [1.29, 1.82) is 0 Å². The number of halogens is 1. The number of carbonyl (C=O) groups is 2. The predicted octanol–water partition coefficient (Wildman–Crippen LogP) is 1.94. The van der Waals surface area contributed by atoms with Crippen molar-refractivity contribution in [3.8, 4) is 0 Å². The number of rotatable bonds is 6. The number of nitrogens with zero attached hydrogens (tertiary/aromatic N) is 2. The van der Waals surface area contributed by atoms with E-state index in [9.17, 15) is 9.59 Å². The van der Waals surface area contributed by atoms with Gasteiger partial charge in [-0.2, -0.15) is 0 Å². The van der Waals surface area contributed by atoms with Crippen molar-refractivity contribution < 1.29 is 9.59 Å². The zero-order valence-corrected chi connectivity index (χ0v) is 16.6. The molecule has 1 aromatic rings. The van der Waals surface area contributed by atoms with Gasteiger partial charge in [0.2, 0.25) is 11.8 Å². The van der Waals surface area contributed by atoms with Crippen molar-refractivity contribution in [3.63, 3.8) is 0 Å². The molecule has 1 aliphatic heterocycles. The maximum Gasteiger partial charge on any atom is 0.226 e. The van der Waals surface area contributed by atoms with Crippen molar-refractivity contribution in [2.75, 3.05) is 32.0 Å². The summed E-state index contributed by atoms with van der Waals surface area (Å²) in [7, 11) is 1.72. The summed E-state index contributed by atoms with van der Waals surface area (Å²) >= 11 is 3.37. The van der Waals surface area contributed by atoms with E-state index in [4.69, 9.17) is 5.73 Å². The minimum Gasteiger partial charge on any atom is -0.370 e. The second-order valence-corrected chi connectivity index (χ2v) is 7.32. The second kappa shape index (κ2) is 10.2. The number of benzene rings is 1. The van der Waals surface area contributed by atoms with Crippen LogP contribution in [0.25, 0.3) is 0 Å². The monoisotopic (exact) mass is 423 g/mol. The highest BCUT2D eigenvalue weighted by Crippen LogP contribution is 2.19. The molecule has 1 saturated heterocycles. The summed E-state index contributed by atoms with van der Waals surface area (Å²) < 4.78 is 0.970. The molecule has 142 valence electrons. The first kappa shape index (κ1) is 20.2. The maximum atomic E-state index is 12.0. The molecular weight excluding hydrogens is 398 g/mol. The molecule has 7 nitrogen and oxygen atoms in total. The number of hydrogen-bond acceptors (Lipinski definition) is 3. The number of aliphatic imine (C=N–C) groups is 1. The van der Waals surface area contributed by atoms with E-state index in [0.29, 0.717) is 19.4 Å². The van der Waals surface area contributed by atoms with Crippen LogP contribution in [0.3, 0.4) is 0 Å². The zero-order chi connectivity index (χ0) is 18.9. The summed E-state index contributed by atoms with van der Waals surface area (Å²) in [4.78, 5) is 29.6. The van der Waals surface area contributed by atoms with Gasteiger partial charge in [-0.1, -0.05) is 15.9 Å². The topological polar surface area (TPSA) is 99.8 Å². The SMILES string of the molecule is CN=C(NCCC(=O)Nc1ccc(Br)cc1)N1CCCC(CC(N)=O)C1. The molecule has 1 aliphatic rings. The highest BCUT2D eigenvalue weighted by molar-refractivity contribution is 9.10. The minimum atomic E-state index is -0.260. The fourth-order valence-electron chi connectivity index (χ4n) is 3.09. The molecule has 4 N–H and O–H groups in total. The Kier molecular flexibility index (Phi) is 7.90. The van der Waals surface area contributed by atoms with Crippen LogP contribution in [-0.2, 0) is 9.59 Å². The third kappa shape index (κ3) is 6.67. The van der Waals surface area contributed by atoms with Gasteiger partial charge in [0.25, 0.3) is 0 Å². The highest BCUT2D eigenvalue weighted by Gasteiger charge is 2.23. The van der Waals surface area contributed by atoms with E-state index in [1.807, 2.05) is 24.3 Å². The predicted molar refractivity (Wildman–Crippen MR) is 107 cm³/mol. The van der Waals surface area contributed by atoms with E-state index in [1.165, 1.54) is 0 Å². The van der Waals surface area contributed by atoms with Crippen LogP contribution in [0.15, 0.2) is 33.7 Å². The van der Waals surface area contributed by atoms with E-state index < -0.39 is 0 Å². The number of nitrogens with two attached hydrogens (primary N) is 1. The van der Waals surface area contributed by atoms with Gasteiger partial charge in [0, 0.05) is 49.7 Å². The molecule has 1 unspecified atom stereocenters. The Morgan fingerprint density at radius 1 is 1.35 bits per heavy atom. The zero-order valence-electron chi connectivity index (χ0n) is 15.0. The van der Waals surface area contributed by atoms with Crippen LogP contribution in [-0.4, -0.2) is 49.4 Å². The van der Waals surface area contributed by atoms with Crippen LogP contribution in [0.2, 0.25) is 0 Å². The van der Waals surface area contributed by atoms with Gasteiger partial charge in [0.1, 0.15) is 0 Å². The van der Waals surface area contributed by atoms with Gasteiger partial charge in [-0.15, -0.1) is 0 Å². The molecule has 0 radical (unpaired) electrons. The third-order valence-corrected chi connectivity index (χ3v) is 4.81. The number of likely N-dealkylation sites (tertiary alicyclic amines) is 1. The third-order valence-electron chi connectivity index (χ3n) is 4.28. The van der Waals surface area contributed by atoms with Crippen molar-refractivity contribution in [2.45, 2.75) is 25.7 Å². The number of amides is 2. The largest absolute Gasteiger partial charge is 0.370 e. The summed E-state index contributed by atoms with van der Waals surface area (Å²) in [5.74, 6) is 0.709. The number of anilines is 1. The molecule has 2 amide bonds.